The van der Waals surface area contributed by atoms with Crippen LogP contribution in [0.3, 0.4) is 0 Å². The third-order valence-corrected chi connectivity index (χ3v) is 10.8. The summed E-state index contributed by atoms with van der Waals surface area (Å²) in [5, 5.41) is 1.97. The molecule has 0 aliphatic rings. The van der Waals surface area contributed by atoms with Crippen molar-refractivity contribution >= 4 is 21.8 Å². The Balaban J connectivity index is 0.000000166. The van der Waals surface area contributed by atoms with Crippen LogP contribution in [0.4, 0.5) is 22.0 Å². The van der Waals surface area contributed by atoms with Gasteiger partial charge in [0, 0.05) is 58.5 Å². The van der Waals surface area contributed by atoms with Crippen LogP contribution in [0.5, 0.6) is 5.75 Å². The topological polar surface area (TPSA) is 118 Å². The maximum atomic E-state index is 14.2. The number of hydrogen-bond donors (Lipinski definition) is 2. The molecular formula is C52H39F5N8O. The lowest BCUT2D eigenvalue weighted by atomic mass is 10.1. The molecule has 14 heteroatoms. The van der Waals surface area contributed by atoms with E-state index in [9.17, 15) is 22.0 Å². The molecule has 6 aromatic heterocycles. The van der Waals surface area contributed by atoms with Gasteiger partial charge in [-0.05, 0) is 110 Å². The van der Waals surface area contributed by atoms with Crippen molar-refractivity contribution in [2.45, 2.75) is 32.9 Å². The minimum atomic E-state index is -4.77. The van der Waals surface area contributed by atoms with Gasteiger partial charge in [-0.15, -0.1) is 0 Å². The highest BCUT2D eigenvalue weighted by atomic mass is 19.4. The SMILES string of the molecule is COc1ccc(Cc2nc(-c3ccc4ncccc4c3)c(-c3cccc(C)n3)[nH]2)cc1F.Cc1cccc(-c2[nH]c(Cc3ccc(F)c(C(F)(F)F)c3)nc2-c2ccc3ncccc3c2)n1. The lowest BCUT2D eigenvalue weighted by Crippen LogP contribution is -2.09. The number of hydrogen-bond acceptors (Lipinski definition) is 7. The summed E-state index contributed by atoms with van der Waals surface area (Å²) < 4.78 is 72.4. The predicted octanol–water partition coefficient (Wildman–Crippen LogP) is 12.5. The van der Waals surface area contributed by atoms with Crippen molar-refractivity contribution in [2.24, 2.45) is 0 Å². The van der Waals surface area contributed by atoms with E-state index in [4.69, 9.17) is 14.7 Å². The number of nitrogens with zero attached hydrogens (tertiary/aromatic N) is 6. The van der Waals surface area contributed by atoms with E-state index in [1.54, 1.807) is 18.5 Å². The van der Waals surface area contributed by atoms with Gasteiger partial charge in [0.1, 0.15) is 17.5 Å². The van der Waals surface area contributed by atoms with E-state index in [0.29, 0.717) is 34.9 Å². The number of H-pyrrole nitrogens is 2. The Morgan fingerprint density at radius 2 is 1.05 bits per heavy atom. The van der Waals surface area contributed by atoms with Crippen molar-refractivity contribution in [1.29, 1.82) is 0 Å². The summed E-state index contributed by atoms with van der Waals surface area (Å²) in [5.41, 5.74) is 9.47. The van der Waals surface area contributed by atoms with E-state index >= 15 is 0 Å². The number of benzene rings is 4. The fourth-order valence-corrected chi connectivity index (χ4v) is 7.72. The average molecular weight is 887 g/mol. The Hall–Kier alpha value is -8.13. The molecule has 6 heterocycles. The number of aryl methyl sites for hydroxylation is 2. The van der Waals surface area contributed by atoms with Gasteiger partial charge in [-0.2, -0.15) is 13.2 Å². The quantitative estimate of drug-likeness (QED) is 0.139. The zero-order chi connectivity index (χ0) is 46.0. The summed E-state index contributed by atoms with van der Waals surface area (Å²) in [6.07, 6.45) is -0.754. The molecule has 0 unspecified atom stereocenters. The lowest BCUT2D eigenvalue weighted by Gasteiger charge is -2.09. The van der Waals surface area contributed by atoms with Gasteiger partial charge in [-0.3, -0.25) is 19.9 Å². The predicted molar refractivity (Wildman–Crippen MR) is 245 cm³/mol. The highest BCUT2D eigenvalue weighted by Gasteiger charge is 2.34. The Bertz CT molecular complexity index is 3380. The molecule has 0 aliphatic carbocycles. The number of aromatic amines is 2. The largest absolute Gasteiger partial charge is 0.494 e. The molecule has 10 aromatic rings. The van der Waals surface area contributed by atoms with Crippen LogP contribution in [-0.2, 0) is 19.0 Å². The second-order valence-corrected chi connectivity index (χ2v) is 15.6. The van der Waals surface area contributed by atoms with Gasteiger partial charge in [0.25, 0.3) is 0 Å². The van der Waals surface area contributed by atoms with Crippen LogP contribution in [-0.4, -0.2) is 47.0 Å². The number of pyridine rings is 4. The number of nitrogens with one attached hydrogen (secondary N) is 2. The number of methoxy groups -OCH3 is 1. The van der Waals surface area contributed by atoms with Crippen molar-refractivity contribution in [2.75, 3.05) is 7.11 Å². The van der Waals surface area contributed by atoms with Gasteiger partial charge in [0.2, 0.25) is 0 Å². The van der Waals surface area contributed by atoms with Crippen LogP contribution in [0, 0.1) is 25.5 Å². The number of halogens is 5. The van der Waals surface area contributed by atoms with Crippen LogP contribution in [0.1, 0.15) is 39.7 Å². The molecule has 9 nitrogen and oxygen atoms in total. The molecule has 0 aliphatic heterocycles. The summed E-state index contributed by atoms with van der Waals surface area (Å²) in [6, 6.07) is 39.0. The normalized spacial score (nSPS) is 11.5. The van der Waals surface area contributed by atoms with E-state index in [0.717, 1.165) is 84.9 Å². The summed E-state index contributed by atoms with van der Waals surface area (Å²) >= 11 is 0. The molecule has 0 saturated carbocycles. The maximum Gasteiger partial charge on any atom is 0.419 e. The third kappa shape index (κ3) is 9.39. The first-order chi connectivity index (χ1) is 31.9. The molecule has 66 heavy (non-hydrogen) atoms. The van der Waals surface area contributed by atoms with Crippen molar-refractivity contribution < 1.29 is 26.7 Å². The van der Waals surface area contributed by atoms with E-state index in [2.05, 4.69) is 36.0 Å². The molecule has 4 aromatic carbocycles. The molecule has 0 bridgehead atoms. The van der Waals surface area contributed by atoms with Crippen LogP contribution < -0.4 is 4.74 Å². The maximum absolute atomic E-state index is 14.2. The smallest absolute Gasteiger partial charge is 0.419 e. The summed E-state index contributed by atoms with van der Waals surface area (Å²) in [4.78, 5) is 34.3. The highest BCUT2D eigenvalue weighted by Crippen LogP contribution is 2.35. The first kappa shape index (κ1) is 43.1. The molecule has 10 rings (SSSR count). The Kier molecular flexibility index (Phi) is 11.9. The number of fused-ring (bicyclic) bond motifs is 2. The fourth-order valence-electron chi connectivity index (χ4n) is 7.72. The standard InChI is InChI=1S/C26H18F4N4.C26H21FN4O/c1-15-4-2-6-22(32-15)25-24(18-8-10-21-17(14-18)5-3-11-31-21)33-23(34-25)13-16-7-9-20(27)19(12-16)26(28,29)30;1-16-5-3-7-22(29-16)26-25(19-9-10-21-18(15-19)6-4-12-28-21)30-24(31-26)14-17-8-11-23(32-2)20(27)13-17/h2-12,14H,13H2,1H3,(H,33,34);3-13,15H,14H2,1-2H3,(H,30,31). The lowest BCUT2D eigenvalue weighted by molar-refractivity contribution is -0.140. The van der Waals surface area contributed by atoms with Gasteiger partial charge in [-0.1, -0.05) is 48.5 Å². The Morgan fingerprint density at radius 3 is 1.53 bits per heavy atom. The van der Waals surface area contributed by atoms with Crippen LogP contribution in [0.2, 0.25) is 0 Å². The molecule has 0 amide bonds. The Labute approximate surface area is 375 Å². The molecular weight excluding hydrogens is 848 g/mol. The van der Waals surface area contributed by atoms with Gasteiger partial charge in [0.05, 0.1) is 57.9 Å². The minimum absolute atomic E-state index is 0.0668. The molecule has 0 saturated heterocycles. The monoisotopic (exact) mass is 886 g/mol. The number of alkyl halides is 3. The number of ether oxygens (including phenoxy) is 1. The second kappa shape index (κ2) is 18.2. The first-order valence-corrected chi connectivity index (χ1v) is 20.8. The van der Waals surface area contributed by atoms with E-state index in [-0.39, 0.29) is 18.0 Å². The highest BCUT2D eigenvalue weighted by molar-refractivity contribution is 5.88. The van der Waals surface area contributed by atoms with Gasteiger partial charge < -0.3 is 14.7 Å². The van der Waals surface area contributed by atoms with E-state index in [1.165, 1.54) is 19.2 Å². The average Bonchev–Trinajstić information content (AvgIpc) is 3.94. The van der Waals surface area contributed by atoms with Crippen LogP contribution in [0.25, 0.3) is 67.1 Å². The number of aromatic nitrogens is 8. The van der Waals surface area contributed by atoms with Crippen molar-refractivity contribution in [1.82, 2.24) is 39.9 Å². The molecule has 0 fully saturated rings. The summed E-state index contributed by atoms with van der Waals surface area (Å²) in [7, 11) is 1.46. The molecule has 0 radical (unpaired) electrons. The van der Waals surface area contributed by atoms with Crippen LogP contribution in [0.15, 0.2) is 146 Å². The molecule has 0 atom stereocenters. The Morgan fingerprint density at radius 1 is 0.530 bits per heavy atom. The molecule has 2 N–H and O–H groups in total. The molecule has 328 valence electrons. The van der Waals surface area contributed by atoms with Gasteiger partial charge in [-0.25, -0.2) is 18.7 Å². The second-order valence-electron chi connectivity index (χ2n) is 15.6. The van der Waals surface area contributed by atoms with Crippen molar-refractivity contribution in [3.05, 3.63) is 197 Å². The fraction of sp³-hybridized carbons (Fsp3) is 0.115. The van der Waals surface area contributed by atoms with Crippen LogP contribution >= 0.6 is 0 Å². The van der Waals surface area contributed by atoms with Crippen molar-refractivity contribution in [3.63, 3.8) is 0 Å². The molecule has 0 spiro atoms. The number of imidazole rings is 2. The number of rotatable bonds is 9. The van der Waals surface area contributed by atoms with Gasteiger partial charge >= 0.3 is 6.18 Å². The summed E-state index contributed by atoms with van der Waals surface area (Å²) in [6.45, 7) is 3.83. The first-order valence-electron chi connectivity index (χ1n) is 20.8. The van der Waals surface area contributed by atoms with Crippen molar-refractivity contribution in [3.8, 4) is 51.0 Å². The summed E-state index contributed by atoms with van der Waals surface area (Å²) in [5.74, 6) is -0.290. The zero-order valence-corrected chi connectivity index (χ0v) is 35.8. The van der Waals surface area contributed by atoms with E-state index in [1.807, 2.05) is 111 Å². The van der Waals surface area contributed by atoms with Gasteiger partial charge in [0.15, 0.2) is 11.6 Å². The zero-order valence-electron chi connectivity index (χ0n) is 35.8. The van der Waals surface area contributed by atoms with E-state index < -0.39 is 17.6 Å². The minimum Gasteiger partial charge on any atom is -0.494 e. The third-order valence-electron chi connectivity index (χ3n) is 10.8.